The van der Waals surface area contributed by atoms with Gasteiger partial charge in [-0.05, 0) is 25.0 Å². The maximum atomic E-state index is 10.9. The molecule has 0 aromatic carbocycles. The van der Waals surface area contributed by atoms with Crippen molar-refractivity contribution in [1.29, 1.82) is 0 Å². The van der Waals surface area contributed by atoms with Gasteiger partial charge in [-0.2, -0.15) is 5.10 Å². The Morgan fingerprint density at radius 1 is 1.59 bits per heavy atom. The predicted octanol–water partition coefficient (Wildman–Crippen LogP) is 1.86. The Hall–Kier alpha value is -2.04. The Kier molecular flexibility index (Phi) is 2.24. The van der Waals surface area contributed by atoms with E-state index in [0.29, 0.717) is 12.8 Å². The van der Waals surface area contributed by atoms with Gasteiger partial charge in [0, 0.05) is 17.7 Å². The van der Waals surface area contributed by atoms with Gasteiger partial charge in [0.15, 0.2) is 5.76 Å². The fourth-order valence-electron chi connectivity index (χ4n) is 2.33. The van der Waals surface area contributed by atoms with Gasteiger partial charge in [0.05, 0.1) is 12.2 Å². The third-order valence-corrected chi connectivity index (χ3v) is 3.25. The quantitative estimate of drug-likeness (QED) is 0.828. The average Bonchev–Trinajstić information content (AvgIpc) is 2.96. The van der Waals surface area contributed by atoms with Crippen molar-refractivity contribution in [2.75, 3.05) is 0 Å². The zero-order chi connectivity index (χ0) is 11.8. The lowest BCUT2D eigenvalue weighted by Gasteiger charge is -2.17. The van der Waals surface area contributed by atoms with Crippen LogP contribution < -0.4 is 0 Å². The van der Waals surface area contributed by atoms with Crippen molar-refractivity contribution in [2.45, 2.75) is 19.3 Å². The van der Waals surface area contributed by atoms with Crippen LogP contribution in [-0.4, -0.2) is 21.3 Å². The van der Waals surface area contributed by atoms with Gasteiger partial charge in [0.1, 0.15) is 5.69 Å². The summed E-state index contributed by atoms with van der Waals surface area (Å²) >= 11 is 0. The summed E-state index contributed by atoms with van der Waals surface area (Å²) in [6.45, 7) is 0. The van der Waals surface area contributed by atoms with Crippen molar-refractivity contribution in [3.05, 3.63) is 29.7 Å². The van der Waals surface area contributed by atoms with Gasteiger partial charge in [-0.3, -0.25) is 9.89 Å². The standard InChI is InChI=1S/C12H12N2O3/c15-12(16)7-3-4-8-9(6-7)13-14-11(8)10-2-1-5-17-10/h1-2,5,7H,3-4,6H2,(H,13,14)(H,15,16). The SMILES string of the molecule is O=C(O)C1CCc2c(-c3ccco3)n[nH]c2C1. The summed E-state index contributed by atoms with van der Waals surface area (Å²) in [6.07, 6.45) is 3.53. The summed E-state index contributed by atoms with van der Waals surface area (Å²) in [5, 5.41) is 16.2. The molecule has 3 rings (SSSR count). The van der Waals surface area contributed by atoms with Gasteiger partial charge in [-0.25, -0.2) is 0 Å². The molecule has 5 nitrogen and oxygen atoms in total. The van der Waals surface area contributed by atoms with Crippen LogP contribution in [0.25, 0.3) is 11.5 Å². The van der Waals surface area contributed by atoms with Crippen LogP contribution in [0.5, 0.6) is 0 Å². The number of carbonyl (C=O) groups is 1. The van der Waals surface area contributed by atoms with E-state index in [9.17, 15) is 4.79 Å². The van der Waals surface area contributed by atoms with Crippen LogP contribution in [-0.2, 0) is 17.6 Å². The number of fused-ring (bicyclic) bond motifs is 1. The molecule has 2 N–H and O–H groups in total. The van der Waals surface area contributed by atoms with Crippen molar-refractivity contribution < 1.29 is 14.3 Å². The number of aromatic amines is 1. The summed E-state index contributed by atoms with van der Waals surface area (Å²) in [7, 11) is 0. The summed E-state index contributed by atoms with van der Waals surface area (Å²) in [6, 6.07) is 3.68. The first-order valence-corrected chi connectivity index (χ1v) is 5.58. The molecule has 1 aliphatic rings. The third kappa shape index (κ3) is 1.63. The third-order valence-electron chi connectivity index (χ3n) is 3.25. The van der Waals surface area contributed by atoms with Gasteiger partial charge < -0.3 is 9.52 Å². The predicted molar refractivity (Wildman–Crippen MR) is 59.4 cm³/mol. The molecule has 0 saturated heterocycles. The number of nitrogens with one attached hydrogen (secondary N) is 1. The van der Waals surface area contributed by atoms with E-state index < -0.39 is 5.97 Å². The van der Waals surface area contributed by atoms with E-state index in [2.05, 4.69) is 10.2 Å². The molecule has 0 saturated carbocycles. The highest BCUT2D eigenvalue weighted by Crippen LogP contribution is 2.31. The highest BCUT2D eigenvalue weighted by molar-refractivity contribution is 5.71. The minimum atomic E-state index is -0.732. The maximum Gasteiger partial charge on any atom is 0.306 e. The zero-order valence-electron chi connectivity index (χ0n) is 9.14. The lowest BCUT2D eigenvalue weighted by Crippen LogP contribution is -2.21. The molecule has 1 unspecified atom stereocenters. The molecule has 2 heterocycles. The number of furan rings is 1. The summed E-state index contributed by atoms with van der Waals surface area (Å²) in [4.78, 5) is 10.9. The Labute approximate surface area is 97.5 Å². The molecule has 88 valence electrons. The number of carboxylic acid groups (broad SMARTS) is 1. The van der Waals surface area contributed by atoms with Gasteiger partial charge in [-0.15, -0.1) is 0 Å². The van der Waals surface area contributed by atoms with Gasteiger partial charge in [0.2, 0.25) is 0 Å². The normalized spacial score (nSPS) is 18.9. The van der Waals surface area contributed by atoms with Crippen LogP contribution in [0.4, 0.5) is 0 Å². The Morgan fingerprint density at radius 2 is 2.47 bits per heavy atom. The van der Waals surface area contributed by atoms with E-state index in [4.69, 9.17) is 9.52 Å². The van der Waals surface area contributed by atoms with Crippen molar-refractivity contribution in [3.8, 4) is 11.5 Å². The van der Waals surface area contributed by atoms with Crippen molar-refractivity contribution in [3.63, 3.8) is 0 Å². The van der Waals surface area contributed by atoms with Crippen LogP contribution in [0.2, 0.25) is 0 Å². The minimum absolute atomic E-state index is 0.299. The lowest BCUT2D eigenvalue weighted by molar-refractivity contribution is -0.142. The molecule has 2 aromatic heterocycles. The zero-order valence-corrected chi connectivity index (χ0v) is 9.14. The topological polar surface area (TPSA) is 79.1 Å². The van der Waals surface area contributed by atoms with Crippen LogP contribution >= 0.6 is 0 Å². The first-order chi connectivity index (χ1) is 8.25. The molecule has 0 radical (unpaired) electrons. The Bertz CT molecular complexity index is 542. The largest absolute Gasteiger partial charge is 0.481 e. The molecule has 0 fully saturated rings. The van der Waals surface area contributed by atoms with Crippen LogP contribution in [0.15, 0.2) is 22.8 Å². The van der Waals surface area contributed by atoms with E-state index in [-0.39, 0.29) is 5.92 Å². The number of aromatic nitrogens is 2. The Morgan fingerprint density at radius 3 is 3.18 bits per heavy atom. The minimum Gasteiger partial charge on any atom is -0.481 e. The van der Waals surface area contributed by atoms with E-state index in [1.165, 1.54) is 0 Å². The molecule has 1 atom stereocenters. The highest BCUT2D eigenvalue weighted by Gasteiger charge is 2.28. The number of hydrogen-bond acceptors (Lipinski definition) is 3. The molecule has 0 bridgehead atoms. The van der Waals surface area contributed by atoms with Crippen molar-refractivity contribution >= 4 is 5.97 Å². The number of nitrogens with zero attached hydrogens (tertiary/aromatic N) is 1. The maximum absolute atomic E-state index is 10.9. The van der Waals surface area contributed by atoms with Crippen molar-refractivity contribution in [1.82, 2.24) is 10.2 Å². The molecule has 2 aromatic rings. The van der Waals surface area contributed by atoms with Gasteiger partial charge in [-0.1, -0.05) is 0 Å². The fraction of sp³-hybridized carbons (Fsp3) is 0.333. The molecular formula is C12H12N2O3. The molecule has 1 aliphatic carbocycles. The second-order valence-electron chi connectivity index (χ2n) is 4.28. The lowest BCUT2D eigenvalue weighted by atomic mass is 9.86. The molecule has 0 amide bonds. The highest BCUT2D eigenvalue weighted by atomic mass is 16.4. The van der Waals surface area contributed by atoms with E-state index in [0.717, 1.165) is 29.1 Å². The molecule has 5 heteroatoms. The Balaban J connectivity index is 1.95. The molecule has 0 aliphatic heterocycles. The number of carboxylic acids is 1. The number of rotatable bonds is 2. The molecular weight excluding hydrogens is 220 g/mol. The molecule has 17 heavy (non-hydrogen) atoms. The first kappa shape index (κ1) is 10.1. The second-order valence-corrected chi connectivity index (χ2v) is 4.28. The smallest absolute Gasteiger partial charge is 0.306 e. The van der Waals surface area contributed by atoms with E-state index >= 15 is 0 Å². The van der Waals surface area contributed by atoms with Gasteiger partial charge in [0.25, 0.3) is 0 Å². The number of hydrogen-bond donors (Lipinski definition) is 2. The molecule has 0 spiro atoms. The van der Waals surface area contributed by atoms with Crippen LogP contribution in [0, 0.1) is 5.92 Å². The van der Waals surface area contributed by atoms with Crippen LogP contribution in [0.3, 0.4) is 0 Å². The first-order valence-electron chi connectivity index (χ1n) is 5.58. The average molecular weight is 232 g/mol. The monoisotopic (exact) mass is 232 g/mol. The summed E-state index contributed by atoms with van der Waals surface area (Å²) < 4.78 is 5.32. The summed E-state index contributed by atoms with van der Waals surface area (Å²) in [5.41, 5.74) is 2.83. The number of H-pyrrole nitrogens is 1. The van der Waals surface area contributed by atoms with E-state index in [1.54, 1.807) is 6.26 Å². The van der Waals surface area contributed by atoms with E-state index in [1.807, 2.05) is 12.1 Å². The van der Waals surface area contributed by atoms with Gasteiger partial charge >= 0.3 is 5.97 Å². The van der Waals surface area contributed by atoms with Crippen LogP contribution in [0.1, 0.15) is 17.7 Å². The summed E-state index contributed by atoms with van der Waals surface area (Å²) in [5.74, 6) is -0.298. The number of aliphatic carboxylic acids is 1. The fourth-order valence-corrected chi connectivity index (χ4v) is 2.33. The van der Waals surface area contributed by atoms with Crippen molar-refractivity contribution in [2.24, 2.45) is 5.92 Å². The second kappa shape index (κ2) is 3.76.